The average Bonchev–Trinajstić information content (AvgIpc) is 2.28. The molecule has 0 aromatic heterocycles. The van der Waals surface area contributed by atoms with Crippen LogP contribution in [-0.2, 0) is 0 Å². The van der Waals surface area contributed by atoms with Crippen molar-refractivity contribution in [1.82, 2.24) is 9.80 Å². The summed E-state index contributed by atoms with van der Waals surface area (Å²) in [5, 5.41) is 0. The van der Waals surface area contributed by atoms with Gasteiger partial charge in [-0.05, 0) is 26.4 Å². The lowest BCUT2D eigenvalue weighted by Gasteiger charge is -2.41. The first-order valence-corrected chi connectivity index (χ1v) is 6.72. The Labute approximate surface area is 101 Å². The van der Waals surface area contributed by atoms with Crippen molar-refractivity contribution in [1.29, 1.82) is 0 Å². The molecule has 0 amide bonds. The normalized spacial score (nSPS) is 26.2. The first kappa shape index (κ1) is 13.9. The first-order valence-electron chi connectivity index (χ1n) is 6.72. The summed E-state index contributed by atoms with van der Waals surface area (Å²) in [4.78, 5) is 4.84. The molecule has 1 fully saturated rings. The molecule has 1 aliphatic rings. The number of hydrogen-bond acceptors (Lipinski definition) is 3. The van der Waals surface area contributed by atoms with Gasteiger partial charge in [0.2, 0.25) is 0 Å². The Morgan fingerprint density at radius 1 is 1.19 bits per heavy atom. The van der Waals surface area contributed by atoms with E-state index >= 15 is 0 Å². The average molecular weight is 227 g/mol. The van der Waals surface area contributed by atoms with Crippen LogP contribution in [0.15, 0.2) is 0 Å². The summed E-state index contributed by atoms with van der Waals surface area (Å²) < 4.78 is 0. The molecule has 1 saturated heterocycles. The molecule has 16 heavy (non-hydrogen) atoms. The van der Waals surface area contributed by atoms with Crippen LogP contribution < -0.4 is 5.73 Å². The van der Waals surface area contributed by atoms with Crippen LogP contribution in [0.2, 0.25) is 0 Å². The predicted octanol–water partition coefficient (Wildman–Crippen LogP) is 1.39. The van der Waals surface area contributed by atoms with Gasteiger partial charge < -0.3 is 10.6 Å². The highest BCUT2D eigenvalue weighted by atomic mass is 15.3. The topological polar surface area (TPSA) is 32.5 Å². The minimum atomic E-state index is 0.331. The van der Waals surface area contributed by atoms with Gasteiger partial charge in [0.25, 0.3) is 0 Å². The lowest BCUT2D eigenvalue weighted by atomic mass is 9.90. The van der Waals surface area contributed by atoms with Gasteiger partial charge in [0.1, 0.15) is 0 Å². The summed E-state index contributed by atoms with van der Waals surface area (Å²) >= 11 is 0. The zero-order valence-electron chi connectivity index (χ0n) is 11.4. The van der Waals surface area contributed by atoms with E-state index in [1.807, 2.05) is 0 Å². The molecule has 0 aromatic rings. The molecule has 0 spiro atoms. The van der Waals surface area contributed by atoms with Crippen LogP contribution in [0.4, 0.5) is 0 Å². The molecular formula is C13H29N3. The Morgan fingerprint density at radius 2 is 1.81 bits per heavy atom. The Morgan fingerprint density at radius 3 is 2.38 bits per heavy atom. The standard InChI is InChI=1S/C13H29N3/c1-5-11(6-2)9-12(14)13-10-15(3)7-8-16(13)4/h11-13H,5-10,14H2,1-4H3. The van der Waals surface area contributed by atoms with Gasteiger partial charge in [-0.25, -0.2) is 0 Å². The van der Waals surface area contributed by atoms with Crippen LogP contribution in [0.5, 0.6) is 0 Å². The molecule has 0 saturated carbocycles. The summed E-state index contributed by atoms with van der Waals surface area (Å²) in [6.07, 6.45) is 3.70. The van der Waals surface area contributed by atoms with E-state index in [2.05, 4.69) is 37.7 Å². The van der Waals surface area contributed by atoms with Crippen molar-refractivity contribution in [2.75, 3.05) is 33.7 Å². The van der Waals surface area contributed by atoms with Gasteiger partial charge in [0, 0.05) is 31.7 Å². The number of nitrogens with zero attached hydrogens (tertiary/aromatic N) is 2. The van der Waals surface area contributed by atoms with Gasteiger partial charge in [-0.15, -0.1) is 0 Å². The fourth-order valence-corrected chi connectivity index (χ4v) is 2.67. The van der Waals surface area contributed by atoms with E-state index in [0.717, 1.165) is 19.0 Å². The second kappa shape index (κ2) is 6.58. The fraction of sp³-hybridized carbons (Fsp3) is 1.00. The molecule has 0 bridgehead atoms. The van der Waals surface area contributed by atoms with Gasteiger partial charge >= 0.3 is 0 Å². The van der Waals surface area contributed by atoms with Crippen LogP contribution in [-0.4, -0.2) is 55.6 Å². The first-order chi connectivity index (χ1) is 7.58. The minimum Gasteiger partial charge on any atom is -0.326 e. The SMILES string of the molecule is CCC(CC)CC(N)C1CN(C)CCN1C. The molecular weight excluding hydrogens is 198 g/mol. The van der Waals surface area contributed by atoms with Crippen molar-refractivity contribution < 1.29 is 0 Å². The maximum atomic E-state index is 6.38. The molecule has 3 heteroatoms. The number of nitrogens with two attached hydrogens (primary N) is 1. The third-order valence-electron chi connectivity index (χ3n) is 4.15. The Hall–Kier alpha value is -0.120. The molecule has 2 unspecified atom stereocenters. The fourth-order valence-electron chi connectivity index (χ4n) is 2.67. The second-order valence-corrected chi connectivity index (χ2v) is 5.39. The van der Waals surface area contributed by atoms with Gasteiger partial charge in [0.15, 0.2) is 0 Å². The largest absolute Gasteiger partial charge is 0.326 e. The number of rotatable bonds is 5. The third kappa shape index (κ3) is 3.72. The van der Waals surface area contributed by atoms with Crippen molar-refractivity contribution >= 4 is 0 Å². The monoisotopic (exact) mass is 227 g/mol. The van der Waals surface area contributed by atoms with Gasteiger partial charge in [-0.3, -0.25) is 4.90 Å². The number of piperazine rings is 1. The van der Waals surface area contributed by atoms with Crippen molar-refractivity contribution in [2.45, 2.75) is 45.2 Å². The molecule has 2 N–H and O–H groups in total. The van der Waals surface area contributed by atoms with Crippen molar-refractivity contribution in [2.24, 2.45) is 11.7 Å². The van der Waals surface area contributed by atoms with E-state index in [4.69, 9.17) is 5.73 Å². The molecule has 1 rings (SSSR count). The zero-order chi connectivity index (χ0) is 12.1. The highest BCUT2D eigenvalue weighted by molar-refractivity contribution is 4.87. The summed E-state index contributed by atoms with van der Waals surface area (Å²) in [5.41, 5.74) is 6.38. The highest BCUT2D eigenvalue weighted by Crippen LogP contribution is 2.19. The maximum absolute atomic E-state index is 6.38. The number of likely N-dealkylation sites (N-methyl/N-ethyl adjacent to an activating group) is 2. The zero-order valence-corrected chi connectivity index (χ0v) is 11.4. The molecule has 0 aliphatic carbocycles. The summed E-state index contributed by atoms with van der Waals surface area (Å²) in [5.74, 6) is 0.802. The lowest BCUT2D eigenvalue weighted by molar-refractivity contribution is 0.0904. The molecule has 2 atom stereocenters. The quantitative estimate of drug-likeness (QED) is 0.770. The van der Waals surface area contributed by atoms with E-state index < -0.39 is 0 Å². The second-order valence-electron chi connectivity index (χ2n) is 5.39. The highest BCUT2D eigenvalue weighted by Gasteiger charge is 2.28. The van der Waals surface area contributed by atoms with E-state index in [9.17, 15) is 0 Å². The van der Waals surface area contributed by atoms with Crippen LogP contribution in [0.25, 0.3) is 0 Å². The van der Waals surface area contributed by atoms with Crippen molar-refractivity contribution in [3.8, 4) is 0 Å². The summed E-state index contributed by atoms with van der Waals surface area (Å²) in [6, 6.07) is 0.872. The van der Waals surface area contributed by atoms with Gasteiger partial charge in [-0.1, -0.05) is 26.7 Å². The molecule has 1 aliphatic heterocycles. The van der Waals surface area contributed by atoms with E-state index in [1.54, 1.807) is 0 Å². The number of hydrogen-bond donors (Lipinski definition) is 1. The van der Waals surface area contributed by atoms with Crippen LogP contribution >= 0.6 is 0 Å². The molecule has 1 heterocycles. The smallest absolute Gasteiger partial charge is 0.0371 e. The maximum Gasteiger partial charge on any atom is 0.0371 e. The Kier molecular flexibility index (Phi) is 5.73. The van der Waals surface area contributed by atoms with E-state index in [-0.39, 0.29) is 0 Å². The van der Waals surface area contributed by atoms with Crippen LogP contribution in [0, 0.1) is 5.92 Å². The minimum absolute atomic E-state index is 0.331. The summed E-state index contributed by atoms with van der Waals surface area (Å²) in [7, 11) is 4.41. The van der Waals surface area contributed by atoms with Crippen LogP contribution in [0.1, 0.15) is 33.1 Å². The van der Waals surface area contributed by atoms with Gasteiger partial charge in [0.05, 0.1) is 0 Å². The summed E-state index contributed by atoms with van der Waals surface area (Å²) in [6.45, 7) is 8.00. The molecule has 3 nitrogen and oxygen atoms in total. The lowest BCUT2D eigenvalue weighted by Crippen LogP contribution is -2.57. The molecule has 0 radical (unpaired) electrons. The van der Waals surface area contributed by atoms with E-state index in [0.29, 0.717) is 12.1 Å². The van der Waals surface area contributed by atoms with Crippen molar-refractivity contribution in [3.05, 3.63) is 0 Å². The van der Waals surface area contributed by atoms with Crippen molar-refractivity contribution in [3.63, 3.8) is 0 Å². The molecule has 96 valence electrons. The molecule has 0 aromatic carbocycles. The predicted molar refractivity (Wildman–Crippen MR) is 70.6 cm³/mol. The Bertz CT molecular complexity index is 192. The third-order valence-corrected chi connectivity index (χ3v) is 4.15. The Balaban J connectivity index is 2.47. The van der Waals surface area contributed by atoms with E-state index in [1.165, 1.54) is 25.8 Å². The van der Waals surface area contributed by atoms with Gasteiger partial charge in [-0.2, -0.15) is 0 Å². The van der Waals surface area contributed by atoms with Crippen LogP contribution in [0.3, 0.4) is 0 Å².